The lowest BCUT2D eigenvalue weighted by Gasteiger charge is -2.30. The Kier molecular flexibility index (Phi) is 4.58. The van der Waals surface area contributed by atoms with Crippen molar-refractivity contribution in [1.82, 2.24) is 10.2 Å². The average molecular weight is 274 g/mol. The molecule has 1 aromatic rings. The summed E-state index contributed by atoms with van der Waals surface area (Å²) in [5, 5.41) is 3.56. The topological polar surface area (TPSA) is 24.5 Å². The molecular formula is C17H26N2O. The molecule has 2 saturated heterocycles. The van der Waals surface area contributed by atoms with Gasteiger partial charge in [0, 0.05) is 12.6 Å². The van der Waals surface area contributed by atoms with E-state index in [9.17, 15) is 0 Å². The molecule has 3 nitrogen and oxygen atoms in total. The second-order valence-corrected chi connectivity index (χ2v) is 6.29. The molecular weight excluding hydrogens is 248 g/mol. The third-order valence-electron chi connectivity index (χ3n) is 4.43. The summed E-state index contributed by atoms with van der Waals surface area (Å²) >= 11 is 0. The molecule has 0 aromatic heterocycles. The van der Waals surface area contributed by atoms with Crippen LogP contribution in [0.5, 0.6) is 5.75 Å². The summed E-state index contributed by atoms with van der Waals surface area (Å²) in [6, 6.07) is 9.34. The van der Waals surface area contributed by atoms with Gasteiger partial charge in [-0.3, -0.25) is 0 Å². The van der Waals surface area contributed by atoms with Crippen LogP contribution in [0.1, 0.15) is 31.2 Å². The molecule has 2 fully saturated rings. The van der Waals surface area contributed by atoms with Crippen LogP contribution in [0, 0.1) is 0 Å². The van der Waals surface area contributed by atoms with Crippen LogP contribution >= 0.6 is 0 Å². The van der Waals surface area contributed by atoms with Crippen LogP contribution in [0.4, 0.5) is 0 Å². The fourth-order valence-corrected chi connectivity index (χ4v) is 3.37. The van der Waals surface area contributed by atoms with E-state index in [1.165, 1.54) is 44.3 Å². The fourth-order valence-electron chi connectivity index (χ4n) is 3.37. The summed E-state index contributed by atoms with van der Waals surface area (Å²) in [5.41, 5.74) is 1.39. The van der Waals surface area contributed by atoms with Crippen LogP contribution in [0.3, 0.4) is 0 Å². The number of nitrogens with one attached hydrogen (secondary N) is 1. The normalized spacial score (nSPS) is 27.6. The summed E-state index contributed by atoms with van der Waals surface area (Å²) in [7, 11) is 2.18. The standard InChI is InChI=1S/C17H26N2O/c1-19-10-4-8-17(13-19)20-16-7-2-5-14(12-16)11-15-6-3-9-18-15/h2,5,7,12,15,17-18H,3-4,6,8-11,13H2,1H3. The van der Waals surface area contributed by atoms with Crippen LogP contribution in [0.15, 0.2) is 24.3 Å². The number of benzene rings is 1. The third-order valence-corrected chi connectivity index (χ3v) is 4.43. The van der Waals surface area contributed by atoms with Crippen LogP contribution < -0.4 is 10.1 Å². The highest BCUT2D eigenvalue weighted by Crippen LogP contribution is 2.21. The summed E-state index contributed by atoms with van der Waals surface area (Å²) in [6.07, 6.45) is 6.52. The highest BCUT2D eigenvalue weighted by atomic mass is 16.5. The molecule has 1 aromatic carbocycles. The maximum Gasteiger partial charge on any atom is 0.120 e. The summed E-state index contributed by atoms with van der Waals surface area (Å²) in [5.74, 6) is 1.04. The molecule has 2 aliphatic heterocycles. The zero-order valence-electron chi connectivity index (χ0n) is 12.5. The minimum atomic E-state index is 0.355. The van der Waals surface area contributed by atoms with Gasteiger partial charge in [0.15, 0.2) is 0 Å². The number of ether oxygens (including phenoxy) is 1. The molecule has 3 heteroatoms. The minimum absolute atomic E-state index is 0.355. The van der Waals surface area contributed by atoms with Gasteiger partial charge in [-0.2, -0.15) is 0 Å². The Morgan fingerprint density at radius 3 is 3.05 bits per heavy atom. The van der Waals surface area contributed by atoms with Gasteiger partial charge in [0.05, 0.1) is 0 Å². The summed E-state index contributed by atoms with van der Waals surface area (Å²) in [6.45, 7) is 3.43. The van der Waals surface area contributed by atoms with E-state index in [-0.39, 0.29) is 0 Å². The zero-order chi connectivity index (χ0) is 13.8. The predicted octanol–water partition coefficient (Wildman–Crippen LogP) is 2.45. The van der Waals surface area contributed by atoms with Crippen molar-refractivity contribution < 1.29 is 4.74 Å². The molecule has 0 bridgehead atoms. The lowest BCUT2D eigenvalue weighted by Crippen LogP contribution is -2.38. The number of hydrogen-bond acceptors (Lipinski definition) is 3. The van der Waals surface area contributed by atoms with E-state index in [2.05, 4.69) is 41.5 Å². The quantitative estimate of drug-likeness (QED) is 0.913. The second-order valence-electron chi connectivity index (χ2n) is 6.29. The lowest BCUT2D eigenvalue weighted by atomic mass is 10.0. The Labute approximate surface area is 122 Å². The molecule has 2 atom stereocenters. The molecule has 0 aliphatic carbocycles. The largest absolute Gasteiger partial charge is 0.489 e. The Morgan fingerprint density at radius 1 is 1.30 bits per heavy atom. The van der Waals surface area contributed by atoms with Gasteiger partial charge in [-0.25, -0.2) is 0 Å². The number of piperidine rings is 1. The lowest BCUT2D eigenvalue weighted by molar-refractivity contribution is 0.104. The van der Waals surface area contributed by atoms with Crippen LogP contribution in [0.2, 0.25) is 0 Å². The van der Waals surface area contributed by atoms with Gasteiger partial charge in [0.25, 0.3) is 0 Å². The fraction of sp³-hybridized carbons (Fsp3) is 0.647. The van der Waals surface area contributed by atoms with E-state index in [1.807, 2.05) is 0 Å². The number of rotatable bonds is 4. The number of likely N-dealkylation sites (tertiary alicyclic amines) is 1. The summed E-state index contributed by atoms with van der Waals surface area (Å²) in [4.78, 5) is 2.36. The molecule has 2 unspecified atom stereocenters. The second kappa shape index (κ2) is 6.59. The van der Waals surface area contributed by atoms with E-state index < -0.39 is 0 Å². The molecule has 0 amide bonds. The Morgan fingerprint density at radius 2 is 2.25 bits per heavy atom. The van der Waals surface area contributed by atoms with E-state index in [4.69, 9.17) is 4.74 Å². The van der Waals surface area contributed by atoms with E-state index >= 15 is 0 Å². The van der Waals surface area contributed by atoms with Crippen molar-refractivity contribution in [2.75, 3.05) is 26.7 Å². The number of nitrogens with zero attached hydrogens (tertiary/aromatic N) is 1. The van der Waals surface area contributed by atoms with Gasteiger partial charge in [0.2, 0.25) is 0 Å². The van der Waals surface area contributed by atoms with Crippen molar-refractivity contribution in [1.29, 1.82) is 0 Å². The first-order chi connectivity index (χ1) is 9.79. The van der Waals surface area contributed by atoms with Crippen molar-refractivity contribution in [3.8, 4) is 5.75 Å². The molecule has 2 aliphatic rings. The molecule has 0 radical (unpaired) electrons. The average Bonchev–Trinajstić information content (AvgIpc) is 2.92. The van der Waals surface area contributed by atoms with E-state index in [0.29, 0.717) is 12.1 Å². The molecule has 1 N–H and O–H groups in total. The van der Waals surface area contributed by atoms with Crippen molar-refractivity contribution in [2.24, 2.45) is 0 Å². The highest BCUT2D eigenvalue weighted by Gasteiger charge is 2.19. The van der Waals surface area contributed by atoms with Crippen molar-refractivity contribution in [3.05, 3.63) is 29.8 Å². The van der Waals surface area contributed by atoms with Gasteiger partial charge < -0.3 is 15.0 Å². The van der Waals surface area contributed by atoms with Gasteiger partial charge in [-0.1, -0.05) is 12.1 Å². The van der Waals surface area contributed by atoms with Gasteiger partial charge in [0.1, 0.15) is 11.9 Å². The molecule has 3 rings (SSSR count). The minimum Gasteiger partial charge on any atom is -0.489 e. The first-order valence-electron chi connectivity index (χ1n) is 7.97. The zero-order valence-corrected chi connectivity index (χ0v) is 12.5. The first kappa shape index (κ1) is 13.9. The first-order valence-corrected chi connectivity index (χ1v) is 7.97. The monoisotopic (exact) mass is 274 g/mol. The van der Waals surface area contributed by atoms with E-state index in [1.54, 1.807) is 0 Å². The summed E-state index contributed by atoms with van der Waals surface area (Å²) < 4.78 is 6.17. The molecule has 20 heavy (non-hydrogen) atoms. The van der Waals surface area contributed by atoms with Crippen molar-refractivity contribution >= 4 is 0 Å². The van der Waals surface area contributed by atoms with Crippen molar-refractivity contribution in [3.63, 3.8) is 0 Å². The van der Waals surface area contributed by atoms with Crippen molar-refractivity contribution in [2.45, 2.75) is 44.2 Å². The maximum absolute atomic E-state index is 6.17. The molecule has 0 spiro atoms. The Bertz CT molecular complexity index is 429. The predicted molar refractivity (Wildman–Crippen MR) is 82.3 cm³/mol. The van der Waals surface area contributed by atoms with Crippen LogP contribution in [-0.2, 0) is 6.42 Å². The number of hydrogen-bond donors (Lipinski definition) is 1. The number of likely N-dealkylation sites (N-methyl/N-ethyl adjacent to an activating group) is 1. The van der Waals surface area contributed by atoms with Crippen LogP contribution in [0.25, 0.3) is 0 Å². The SMILES string of the molecule is CN1CCCC(Oc2cccc(CC3CCCN3)c2)C1. The Balaban J connectivity index is 1.58. The molecule has 2 heterocycles. The van der Waals surface area contributed by atoms with E-state index in [0.717, 1.165) is 18.7 Å². The van der Waals surface area contributed by atoms with Gasteiger partial charge in [-0.05, 0) is 69.9 Å². The maximum atomic E-state index is 6.17. The highest BCUT2D eigenvalue weighted by molar-refractivity contribution is 5.29. The smallest absolute Gasteiger partial charge is 0.120 e. The molecule has 110 valence electrons. The van der Waals surface area contributed by atoms with Crippen LogP contribution in [-0.4, -0.2) is 43.7 Å². The third kappa shape index (κ3) is 3.74. The van der Waals surface area contributed by atoms with Gasteiger partial charge in [-0.15, -0.1) is 0 Å². The Hall–Kier alpha value is -1.06. The van der Waals surface area contributed by atoms with Gasteiger partial charge >= 0.3 is 0 Å². The molecule has 0 saturated carbocycles.